The van der Waals surface area contributed by atoms with E-state index in [2.05, 4.69) is 0 Å². The number of methoxy groups -OCH3 is 1. The van der Waals surface area contributed by atoms with Gasteiger partial charge in [0.25, 0.3) is 0 Å². The fourth-order valence-electron chi connectivity index (χ4n) is 5.93. The van der Waals surface area contributed by atoms with Crippen molar-refractivity contribution in [2.45, 2.75) is 55.8 Å². The second-order valence-corrected chi connectivity index (χ2v) is 13.2. The van der Waals surface area contributed by atoms with E-state index in [1.807, 2.05) is 0 Å². The number of amides is 1. The average molecular weight is 760 g/mol. The van der Waals surface area contributed by atoms with Crippen molar-refractivity contribution >= 4 is 28.6 Å². The molecule has 2 heterocycles. The monoisotopic (exact) mass is 759 g/mol. The number of pyridine rings is 1. The molecule has 278 valence electrons. The number of nitrogens with zero attached hydrogens (tertiary/aromatic N) is 3. The first-order valence-electron chi connectivity index (χ1n) is 21.4. The number of carbonyl (C=O) groups is 1. The van der Waals surface area contributed by atoms with Crippen LogP contribution in [0.5, 0.6) is 0 Å². The van der Waals surface area contributed by atoms with Gasteiger partial charge in [-0.2, -0.15) is 13.2 Å². The zero-order chi connectivity index (χ0) is 46.6. The van der Waals surface area contributed by atoms with E-state index in [9.17, 15) is 29.5 Å². The summed E-state index contributed by atoms with van der Waals surface area (Å²) < 4.78 is 162. The van der Waals surface area contributed by atoms with Gasteiger partial charge in [-0.25, -0.2) is 8.78 Å². The number of hydrogen-bond acceptors (Lipinski definition) is 5. The Labute approximate surface area is 323 Å². The van der Waals surface area contributed by atoms with E-state index in [4.69, 9.17) is 15.7 Å². The van der Waals surface area contributed by atoms with E-state index in [1.165, 1.54) is 36.1 Å². The van der Waals surface area contributed by atoms with Gasteiger partial charge in [-0.05, 0) is 72.3 Å². The predicted octanol–water partition coefficient (Wildman–Crippen LogP) is 8.71. The van der Waals surface area contributed by atoms with Crippen molar-refractivity contribution in [1.29, 1.82) is 0 Å². The summed E-state index contributed by atoms with van der Waals surface area (Å²) in [6.07, 6.45) is -4.60. The molecular weight excluding hydrogens is 710 g/mol. The molecule has 4 aromatic carbocycles. The number of halogens is 5. The predicted molar refractivity (Wildman–Crippen MR) is 198 cm³/mol. The lowest BCUT2D eigenvalue weighted by molar-refractivity contribution is -0.137. The number of carbonyl (C=O) groups excluding carboxylic acids is 1. The van der Waals surface area contributed by atoms with Crippen LogP contribution in [-0.2, 0) is 34.5 Å². The Morgan fingerprint density at radius 1 is 1.00 bits per heavy atom. The van der Waals surface area contributed by atoms with Gasteiger partial charge in [-0.1, -0.05) is 54.6 Å². The fraction of sp³-hybridized carbons (Fsp3) is 0.317. The summed E-state index contributed by atoms with van der Waals surface area (Å²) in [6.45, 7) is -8.02. The lowest BCUT2D eigenvalue weighted by Gasteiger charge is -2.39. The summed E-state index contributed by atoms with van der Waals surface area (Å²) in [5.41, 5.74) is -1.62. The minimum Gasteiger partial charge on any atom is -0.383 e. The first-order valence-corrected chi connectivity index (χ1v) is 17.4. The van der Waals surface area contributed by atoms with Crippen molar-refractivity contribution in [3.8, 4) is 11.1 Å². The number of ether oxygens (including phenoxy) is 1. The maximum Gasteiger partial charge on any atom is 0.416 e. The molecule has 1 aliphatic rings. The summed E-state index contributed by atoms with van der Waals surface area (Å²) in [6, 6.07) is 10.4. The Kier molecular flexibility index (Phi) is 8.52. The second-order valence-electron chi connectivity index (χ2n) is 12.3. The molecule has 6 nitrogen and oxygen atoms in total. The van der Waals surface area contributed by atoms with Crippen LogP contribution in [0.3, 0.4) is 0 Å². The van der Waals surface area contributed by atoms with E-state index in [0.717, 1.165) is 30.2 Å². The summed E-state index contributed by atoms with van der Waals surface area (Å²) in [4.78, 5) is 31.3. The number of thioether (sulfide) groups is 1. The highest BCUT2D eigenvalue weighted by molar-refractivity contribution is 7.98. The lowest BCUT2D eigenvalue weighted by Crippen LogP contribution is -2.48. The van der Waals surface area contributed by atoms with Gasteiger partial charge in [-0.15, -0.1) is 11.8 Å². The van der Waals surface area contributed by atoms with Crippen LogP contribution >= 0.6 is 11.8 Å². The molecule has 1 amide bonds. The number of aromatic nitrogens is 1. The van der Waals surface area contributed by atoms with E-state index in [-0.39, 0.29) is 43.6 Å². The molecule has 5 aromatic rings. The van der Waals surface area contributed by atoms with Crippen molar-refractivity contribution in [2.75, 3.05) is 33.3 Å². The Bertz CT molecular complexity index is 2610. The van der Waals surface area contributed by atoms with E-state index < -0.39 is 106 Å². The lowest BCUT2D eigenvalue weighted by atomic mass is 10.00. The van der Waals surface area contributed by atoms with Crippen LogP contribution in [-0.4, -0.2) is 59.6 Å². The number of rotatable bonds is 12. The van der Waals surface area contributed by atoms with Gasteiger partial charge in [0.2, 0.25) is 5.91 Å². The average Bonchev–Trinajstić information content (AvgIpc) is 3.25. The number of piperidine rings is 1. The smallest absolute Gasteiger partial charge is 0.383 e. The molecule has 0 spiro atoms. The SMILES string of the molecule is [2H]c1c(C)c([2H])c2c(c1[2H])c(=O)c([2H])c(SCc1cccc(F)c1F)n2C([2H])([2H])C(=O)N(Cc1ccc(-c2ccc(C(F)(F)F)cc2)cc1)C1CCN(C([2H])([2H])C([2H])([2H])OC)CC1. The molecule has 0 N–H and O–H groups in total. The van der Waals surface area contributed by atoms with E-state index >= 15 is 4.79 Å². The molecule has 0 unspecified atom stereocenters. The molecule has 1 aliphatic heterocycles. The van der Waals surface area contributed by atoms with Crippen LogP contribution < -0.4 is 5.43 Å². The molecule has 53 heavy (non-hydrogen) atoms. The highest BCUT2D eigenvalue weighted by Gasteiger charge is 2.31. The van der Waals surface area contributed by atoms with Crippen LogP contribution in [0, 0.1) is 18.6 Å². The summed E-state index contributed by atoms with van der Waals surface area (Å²) in [5, 5.41) is -1.25. The van der Waals surface area contributed by atoms with Gasteiger partial charge in [-0.3, -0.25) is 9.59 Å². The largest absolute Gasteiger partial charge is 0.416 e. The Morgan fingerprint density at radius 2 is 1.68 bits per heavy atom. The highest BCUT2D eigenvalue weighted by atomic mass is 32.2. The normalized spacial score (nSPS) is 17.7. The molecule has 1 fully saturated rings. The quantitative estimate of drug-likeness (QED) is 0.0942. The number of likely N-dealkylation sites (tertiary alicyclic amines) is 1. The molecule has 0 bridgehead atoms. The maximum atomic E-state index is 15.1. The maximum absolute atomic E-state index is 15.1. The molecule has 1 aromatic heterocycles. The van der Waals surface area contributed by atoms with Crippen molar-refractivity contribution in [3.63, 3.8) is 0 Å². The summed E-state index contributed by atoms with van der Waals surface area (Å²) in [7, 11) is 1.01. The summed E-state index contributed by atoms with van der Waals surface area (Å²) in [5.74, 6) is -4.22. The zero-order valence-electron chi connectivity index (χ0n) is 38.5. The first-order chi connectivity index (χ1) is 29.3. The van der Waals surface area contributed by atoms with Gasteiger partial charge < -0.3 is 19.1 Å². The van der Waals surface area contributed by atoms with Gasteiger partial charge in [0.1, 0.15) is 6.50 Å². The van der Waals surface area contributed by atoms with Crippen LogP contribution in [0.15, 0.2) is 101 Å². The molecule has 0 radical (unpaired) electrons. The Hall–Kier alpha value is -4.52. The Balaban J connectivity index is 1.47. The van der Waals surface area contributed by atoms with Gasteiger partial charge in [0.05, 0.1) is 33.6 Å². The highest BCUT2D eigenvalue weighted by Crippen LogP contribution is 2.32. The zero-order valence-corrected chi connectivity index (χ0v) is 29.4. The van der Waals surface area contributed by atoms with Crippen molar-refractivity contribution in [1.82, 2.24) is 14.4 Å². The molecule has 0 saturated carbocycles. The third-order valence-corrected chi connectivity index (χ3v) is 9.73. The van der Waals surface area contributed by atoms with Crippen LogP contribution in [0.25, 0.3) is 22.0 Å². The minimum absolute atomic E-state index is 0.0261. The van der Waals surface area contributed by atoms with Crippen molar-refractivity contribution in [2.24, 2.45) is 0 Å². The topological polar surface area (TPSA) is 54.8 Å². The molecule has 1 saturated heterocycles. The number of hydrogen-bond donors (Lipinski definition) is 0. The molecule has 6 rings (SSSR count). The fourth-order valence-corrected chi connectivity index (χ4v) is 6.87. The van der Waals surface area contributed by atoms with Crippen molar-refractivity contribution in [3.05, 3.63) is 135 Å². The van der Waals surface area contributed by atoms with E-state index in [0.29, 0.717) is 33.0 Å². The molecule has 12 heteroatoms. The Morgan fingerprint density at radius 3 is 2.34 bits per heavy atom. The van der Waals surface area contributed by atoms with E-state index in [1.54, 1.807) is 24.3 Å². The molecule has 0 aliphatic carbocycles. The van der Waals surface area contributed by atoms with Crippen LogP contribution in [0.2, 0.25) is 0 Å². The molecular formula is C41H40F5N3O3S. The second kappa shape index (κ2) is 16.7. The minimum atomic E-state index is -4.55. The molecule has 0 atom stereocenters. The standard InChI is InChI=1S/C41H40F5N3O3S/c1-27-6-15-34-36(22-27)49(39(23-37(34)50)53-26-31-4-3-5-35(42)40(31)43)25-38(51)48(33-16-18-47(19-17-33)20-21-52-2)24-28-7-9-29(10-8-28)30-11-13-32(14-12-30)41(44,45)46/h3-15,22-23,33H,16-21,24-26H2,1-2H3/i6D,15D,20D2,21D2,22D,23D,25D2. The third kappa shape index (κ3) is 9.17. The van der Waals surface area contributed by atoms with Crippen molar-refractivity contribution < 1.29 is 45.2 Å². The van der Waals surface area contributed by atoms with Gasteiger partial charge in [0.15, 0.2) is 17.1 Å². The third-order valence-electron chi connectivity index (χ3n) is 8.72. The number of fused-ring (bicyclic) bond motifs is 1. The van der Waals surface area contributed by atoms with Crippen LogP contribution in [0.1, 0.15) is 48.8 Å². The first kappa shape index (κ1) is 27.1. The number of benzene rings is 4. The number of alkyl halides is 3. The van der Waals surface area contributed by atoms with Crippen LogP contribution in [0.4, 0.5) is 22.0 Å². The van der Waals surface area contributed by atoms with Gasteiger partial charge in [0, 0.05) is 64.8 Å². The van der Waals surface area contributed by atoms with Gasteiger partial charge >= 0.3 is 6.18 Å². The summed E-state index contributed by atoms with van der Waals surface area (Å²) >= 11 is 0.516.